The third-order valence-corrected chi connectivity index (χ3v) is 4.82. The minimum Gasteiger partial charge on any atom is -0.465 e. The molecule has 1 aliphatic carbocycles. The largest absolute Gasteiger partial charge is 0.465 e. The first-order chi connectivity index (χ1) is 14.4. The highest BCUT2D eigenvalue weighted by atomic mass is 16.6. The third kappa shape index (κ3) is 4.80. The quantitative estimate of drug-likeness (QED) is 0.439. The minimum atomic E-state index is -0.956. The molecule has 1 atom stereocenters. The lowest BCUT2D eigenvalue weighted by Gasteiger charge is -2.26. The fraction of sp³-hybridized carbons (Fsp3) is 0.286. The number of nitrogens with zero attached hydrogens (tertiary/aromatic N) is 1. The standard InChI is InChI=1S/C21H20N2O7/c1-29-20(25)14-9-15(11-16(10-14)23(27)28)21(26)30-12-19(24)22-18-8-4-6-13-5-2-3-7-17(13)18/h2-3,5,7,9-11,18H,4,6,8,12H2,1H3,(H,22,24)/t18-/m0/s1. The van der Waals surface area contributed by atoms with Crippen LogP contribution in [0.25, 0.3) is 0 Å². The van der Waals surface area contributed by atoms with Gasteiger partial charge in [-0.3, -0.25) is 14.9 Å². The Kier molecular flexibility index (Phi) is 6.41. The number of esters is 2. The molecule has 156 valence electrons. The van der Waals surface area contributed by atoms with E-state index < -0.39 is 35.1 Å². The molecule has 1 N–H and O–H groups in total. The van der Waals surface area contributed by atoms with Gasteiger partial charge in [-0.15, -0.1) is 0 Å². The van der Waals surface area contributed by atoms with E-state index in [0.717, 1.165) is 50.1 Å². The molecule has 3 rings (SSSR count). The molecule has 1 amide bonds. The normalized spacial score (nSPS) is 14.9. The fourth-order valence-corrected chi connectivity index (χ4v) is 3.42. The van der Waals surface area contributed by atoms with E-state index in [1.54, 1.807) is 0 Å². The predicted octanol–water partition coefficient (Wildman–Crippen LogP) is 2.73. The lowest BCUT2D eigenvalue weighted by atomic mass is 9.88. The summed E-state index contributed by atoms with van der Waals surface area (Å²) in [5, 5.41) is 13.9. The van der Waals surface area contributed by atoms with Crippen LogP contribution >= 0.6 is 0 Å². The molecule has 0 aromatic heterocycles. The summed E-state index contributed by atoms with van der Waals surface area (Å²) in [5.41, 5.74) is 1.37. The van der Waals surface area contributed by atoms with Gasteiger partial charge in [0.25, 0.3) is 11.6 Å². The number of rotatable bonds is 6. The lowest BCUT2D eigenvalue weighted by molar-refractivity contribution is -0.384. The van der Waals surface area contributed by atoms with Crippen LogP contribution in [0.4, 0.5) is 5.69 Å². The SMILES string of the molecule is COC(=O)c1cc(C(=O)OCC(=O)N[C@H]2CCCc3ccccc32)cc([N+](=O)[O-])c1. The Labute approximate surface area is 172 Å². The van der Waals surface area contributed by atoms with Crippen LogP contribution in [0, 0.1) is 10.1 Å². The van der Waals surface area contributed by atoms with Crippen molar-refractivity contribution in [1.82, 2.24) is 5.32 Å². The molecule has 9 nitrogen and oxygen atoms in total. The van der Waals surface area contributed by atoms with Crippen LogP contribution in [0.1, 0.15) is 50.7 Å². The molecule has 30 heavy (non-hydrogen) atoms. The second-order valence-electron chi connectivity index (χ2n) is 6.80. The molecule has 0 heterocycles. The number of carbonyl (C=O) groups is 3. The molecule has 0 unspecified atom stereocenters. The molecule has 0 saturated heterocycles. The Balaban J connectivity index is 1.66. The predicted molar refractivity (Wildman–Crippen MR) is 105 cm³/mol. The van der Waals surface area contributed by atoms with Gasteiger partial charge in [0, 0.05) is 12.1 Å². The Morgan fingerprint density at radius 2 is 1.83 bits per heavy atom. The highest BCUT2D eigenvalue weighted by Gasteiger charge is 2.23. The molecule has 2 aromatic carbocycles. The van der Waals surface area contributed by atoms with Gasteiger partial charge >= 0.3 is 11.9 Å². The second kappa shape index (κ2) is 9.17. The van der Waals surface area contributed by atoms with Gasteiger partial charge in [0.15, 0.2) is 6.61 Å². The molecule has 0 fully saturated rings. The van der Waals surface area contributed by atoms with Crippen molar-refractivity contribution in [3.05, 3.63) is 74.8 Å². The topological polar surface area (TPSA) is 125 Å². The van der Waals surface area contributed by atoms with Crippen molar-refractivity contribution in [1.29, 1.82) is 0 Å². The van der Waals surface area contributed by atoms with Gasteiger partial charge in [0.2, 0.25) is 0 Å². The summed E-state index contributed by atoms with van der Waals surface area (Å²) in [6, 6.07) is 10.8. The van der Waals surface area contributed by atoms with E-state index in [0.29, 0.717) is 0 Å². The number of amides is 1. The summed E-state index contributed by atoms with van der Waals surface area (Å²) in [7, 11) is 1.12. The zero-order chi connectivity index (χ0) is 21.7. The van der Waals surface area contributed by atoms with Gasteiger partial charge in [-0.05, 0) is 36.5 Å². The number of aryl methyl sites for hydroxylation is 1. The summed E-state index contributed by atoms with van der Waals surface area (Å²) >= 11 is 0. The molecule has 0 bridgehead atoms. The molecular formula is C21H20N2O7. The molecule has 0 saturated carbocycles. The molecule has 1 aliphatic rings. The van der Waals surface area contributed by atoms with E-state index in [1.165, 1.54) is 5.56 Å². The number of ether oxygens (including phenoxy) is 2. The summed E-state index contributed by atoms with van der Waals surface area (Å²) < 4.78 is 9.54. The number of nitro groups is 1. The van der Waals surface area contributed by atoms with E-state index in [9.17, 15) is 24.5 Å². The number of fused-ring (bicyclic) bond motifs is 1. The first kappa shape index (κ1) is 21.0. The number of nitrogens with one attached hydrogen (secondary N) is 1. The highest BCUT2D eigenvalue weighted by molar-refractivity contribution is 5.97. The molecule has 0 radical (unpaired) electrons. The van der Waals surface area contributed by atoms with E-state index in [1.807, 2.05) is 24.3 Å². The number of hydrogen-bond donors (Lipinski definition) is 1. The van der Waals surface area contributed by atoms with Crippen molar-refractivity contribution in [2.45, 2.75) is 25.3 Å². The Morgan fingerprint density at radius 3 is 2.53 bits per heavy atom. The summed E-state index contributed by atoms with van der Waals surface area (Å²) in [6.07, 6.45) is 2.67. The van der Waals surface area contributed by atoms with Crippen LogP contribution in [0.3, 0.4) is 0 Å². The Hall–Kier alpha value is -3.75. The zero-order valence-corrected chi connectivity index (χ0v) is 16.3. The first-order valence-corrected chi connectivity index (χ1v) is 9.31. The maximum atomic E-state index is 12.3. The maximum Gasteiger partial charge on any atom is 0.338 e. The smallest absolute Gasteiger partial charge is 0.338 e. The van der Waals surface area contributed by atoms with Crippen molar-refractivity contribution in [2.75, 3.05) is 13.7 Å². The number of non-ortho nitro benzene ring substituents is 1. The van der Waals surface area contributed by atoms with E-state index >= 15 is 0 Å². The molecule has 2 aromatic rings. The van der Waals surface area contributed by atoms with Crippen molar-refractivity contribution in [3.8, 4) is 0 Å². The monoisotopic (exact) mass is 412 g/mol. The van der Waals surface area contributed by atoms with Gasteiger partial charge in [-0.25, -0.2) is 9.59 Å². The van der Waals surface area contributed by atoms with Crippen molar-refractivity contribution >= 4 is 23.5 Å². The Bertz CT molecular complexity index is 1000. The summed E-state index contributed by atoms with van der Waals surface area (Å²) in [6.45, 7) is -0.548. The second-order valence-corrected chi connectivity index (χ2v) is 6.80. The van der Waals surface area contributed by atoms with Crippen LogP contribution in [0.2, 0.25) is 0 Å². The van der Waals surface area contributed by atoms with Crippen LogP contribution in [-0.4, -0.2) is 36.5 Å². The van der Waals surface area contributed by atoms with Gasteiger partial charge in [-0.2, -0.15) is 0 Å². The van der Waals surface area contributed by atoms with Crippen molar-refractivity contribution < 1.29 is 28.8 Å². The summed E-state index contributed by atoms with van der Waals surface area (Å²) in [5.74, 6) is -2.27. The molecule has 9 heteroatoms. The van der Waals surface area contributed by atoms with Gasteiger partial charge in [-0.1, -0.05) is 24.3 Å². The van der Waals surface area contributed by atoms with Crippen molar-refractivity contribution in [3.63, 3.8) is 0 Å². The molecule has 0 aliphatic heterocycles. The number of carbonyl (C=O) groups excluding carboxylic acids is 3. The molecule has 0 spiro atoms. The minimum absolute atomic E-state index is 0.162. The maximum absolute atomic E-state index is 12.3. The van der Waals surface area contributed by atoms with E-state index in [-0.39, 0.29) is 17.2 Å². The van der Waals surface area contributed by atoms with E-state index in [2.05, 4.69) is 10.1 Å². The third-order valence-electron chi connectivity index (χ3n) is 4.82. The number of methoxy groups -OCH3 is 1. The number of nitro benzene ring substituents is 1. The average molecular weight is 412 g/mol. The van der Waals surface area contributed by atoms with E-state index in [4.69, 9.17) is 4.74 Å². The summed E-state index contributed by atoms with van der Waals surface area (Å²) in [4.78, 5) is 46.6. The van der Waals surface area contributed by atoms with Gasteiger partial charge in [0.05, 0.1) is 29.2 Å². The first-order valence-electron chi connectivity index (χ1n) is 9.31. The Morgan fingerprint density at radius 1 is 1.13 bits per heavy atom. The van der Waals surface area contributed by atoms with Crippen LogP contribution in [0.5, 0.6) is 0 Å². The van der Waals surface area contributed by atoms with Crippen LogP contribution < -0.4 is 5.32 Å². The van der Waals surface area contributed by atoms with Crippen molar-refractivity contribution in [2.24, 2.45) is 0 Å². The number of hydrogen-bond acceptors (Lipinski definition) is 7. The fourth-order valence-electron chi connectivity index (χ4n) is 3.42. The lowest BCUT2D eigenvalue weighted by Crippen LogP contribution is -2.34. The zero-order valence-electron chi connectivity index (χ0n) is 16.3. The average Bonchev–Trinajstić information content (AvgIpc) is 2.76. The van der Waals surface area contributed by atoms with Crippen LogP contribution in [-0.2, 0) is 20.7 Å². The molecular weight excluding hydrogens is 392 g/mol. The van der Waals surface area contributed by atoms with Gasteiger partial charge < -0.3 is 14.8 Å². The van der Waals surface area contributed by atoms with Gasteiger partial charge in [0.1, 0.15) is 0 Å². The highest BCUT2D eigenvalue weighted by Crippen LogP contribution is 2.29. The number of benzene rings is 2. The van der Waals surface area contributed by atoms with Crippen LogP contribution in [0.15, 0.2) is 42.5 Å².